The smallest absolute Gasteiger partial charge is 0.277 e. The van der Waals surface area contributed by atoms with Crippen LogP contribution in [0.5, 0.6) is 0 Å². The van der Waals surface area contributed by atoms with Gasteiger partial charge in [-0.15, -0.1) is 0 Å². The molecule has 0 fully saturated rings. The normalized spacial score (nSPS) is 11.9. The Hall–Kier alpha value is -3.03. The highest BCUT2D eigenvalue weighted by atomic mass is 19.1. The van der Waals surface area contributed by atoms with E-state index in [1.165, 1.54) is 4.68 Å². The van der Waals surface area contributed by atoms with Crippen molar-refractivity contribution in [2.45, 2.75) is 59.5 Å². The standard InChI is InChI=1S/C22H27F2N5O/c1-13(2)19-10-18(27-29(19)22(4,5)6)21(30)26-20-14(3)11-25-28(20)12-15-9-16(23)7-8-17(15)24/h7-11,13H,12H2,1-6H3,(H,26,30). The third-order valence-electron chi connectivity index (χ3n) is 4.78. The number of aryl methyl sites for hydroxylation is 1. The molecule has 3 aromatic rings. The number of nitrogens with one attached hydrogen (secondary N) is 1. The number of benzene rings is 1. The van der Waals surface area contributed by atoms with Gasteiger partial charge in [0.1, 0.15) is 17.5 Å². The molecule has 0 saturated carbocycles. The van der Waals surface area contributed by atoms with Crippen molar-refractivity contribution < 1.29 is 13.6 Å². The Balaban J connectivity index is 1.90. The third-order valence-corrected chi connectivity index (χ3v) is 4.78. The fraction of sp³-hybridized carbons (Fsp3) is 0.409. The number of halogens is 2. The summed E-state index contributed by atoms with van der Waals surface area (Å²) in [5.74, 6) is -0.840. The third kappa shape index (κ3) is 4.42. The Morgan fingerprint density at radius 1 is 1.20 bits per heavy atom. The highest BCUT2D eigenvalue weighted by Gasteiger charge is 2.24. The zero-order valence-electron chi connectivity index (χ0n) is 18.1. The Morgan fingerprint density at radius 2 is 1.90 bits per heavy atom. The first-order chi connectivity index (χ1) is 14.0. The lowest BCUT2D eigenvalue weighted by Gasteiger charge is -2.23. The summed E-state index contributed by atoms with van der Waals surface area (Å²) in [6.07, 6.45) is 1.57. The first-order valence-electron chi connectivity index (χ1n) is 9.85. The van der Waals surface area contributed by atoms with Gasteiger partial charge in [0, 0.05) is 16.8 Å². The summed E-state index contributed by atoms with van der Waals surface area (Å²) in [4.78, 5) is 12.9. The van der Waals surface area contributed by atoms with Gasteiger partial charge < -0.3 is 5.32 Å². The van der Waals surface area contributed by atoms with Crippen LogP contribution in [0.1, 0.15) is 67.8 Å². The molecule has 1 N–H and O–H groups in total. The molecule has 1 amide bonds. The van der Waals surface area contributed by atoms with Crippen LogP contribution in [0.4, 0.5) is 14.6 Å². The van der Waals surface area contributed by atoms with E-state index in [2.05, 4.69) is 15.5 Å². The highest BCUT2D eigenvalue weighted by molar-refractivity contribution is 6.02. The van der Waals surface area contributed by atoms with Gasteiger partial charge in [-0.25, -0.2) is 13.5 Å². The molecule has 30 heavy (non-hydrogen) atoms. The molecule has 0 aliphatic heterocycles. The van der Waals surface area contributed by atoms with Crippen molar-refractivity contribution in [1.82, 2.24) is 19.6 Å². The van der Waals surface area contributed by atoms with Crippen LogP contribution in [0, 0.1) is 18.6 Å². The highest BCUT2D eigenvalue weighted by Crippen LogP contribution is 2.25. The zero-order valence-corrected chi connectivity index (χ0v) is 18.1. The number of carbonyl (C=O) groups is 1. The summed E-state index contributed by atoms with van der Waals surface area (Å²) in [6, 6.07) is 5.05. The molecule has 8 heteroatoms. The maximum absolute atomic E-state index is 14.0. The van der Waals surface area contributed by atoms with Gasteiger partial charge in [-0.05, 0) is 57.9 Å². The van der Waals surface area contributed by atoms with Crippen molar-refractivity contribution >= 4 is 11.7 Å². The molecule has 160 valence electrons. The van der Waals surface area contributed by atoms with Crippen molar-refractivity contribution in [3.05, 3.63) is 64.6 Å². The van der Waals surface area contributed by atoms with Crippen molar-refractivity contribution in [2.75, 3.05) is 5.32 Å². The Bertz CT molecular complexity index is 1080. The van der Waals surface area contributed by atoms with Gasteiger partial charge in [0.25, 0.3) is 5.91 Å². The van der Waals surface area contributed by atoms with Crippen LogP contribution in [-0.2, 0) is 12.1 Å². The fourth-order valence-corrected chi connectivity index (χ4v) is 3.21. The quantitative estimate of drug-likeness (QED) is 0.648. The van der Waals surface area contributed by atoms with E-state index in [-0.39, 0.29) is 35.2 Å². The van der Waals surface area contributed by atoms with Crippen LogP contribution in [0.3, 0.4) is 0 Å². The van der Waals surface area contributed by atoms with Crippen LogP contribution in [0.15, 0.2) is 30.5 Å². The molecule has 3 rings (SSSR count). The molecule has 0 aliphatic carbocycles. The van der Waals surface area contributed by atoms with Gasteiger partial charge in [-0.2, -0.15) is 10.2 Å². The topological polar surface area (TPSA) is 64.7 Å². The summed E-state index contributed by atoms with van der Waals surface area (Å²) in [5, 5.41) is 11.6. The van der Waals surface area contributed by atoms with E-state index < -0.39 is 11.6 Å². The van der Waals surface area contributed by atoms with E-state index >= 15 is 0 Å². The largest absolute Gasteiger partial charge is 0.305 e. The van der Waals surface area contributed by atoms with Crippen molar-refractivity contribution in [3.63, 3.8) is 0 Å². The molecule has 2 heterocycles. The Kier molecular flexibility index (Phi) is 5.78. The van der Waals surface area contributed by atoms with E-state index in [0.29, 0.717) is 11.4 Å². The van der Waals surface area contributed by atoms with Gasteiger partial charge in [-0.1, -0.05) is 13.8 Å². The number of hydrogen-bond donors (Lipinski definition) is 1. The second-order valence-corrected chi connectivity index (χ2v) is 8.72. The van der Waals surface area contributed by atoms with Gasteiger partial charge in [0.05, 0.1) is 18.3 Å². The molecule has 0 aliphatic rings. The summed E-state index contributed by atoms with van der Waals surface area (Å²) >= 11 is 0. The molecular formula is C22H27F2N5O. The van der Waals surface area contributed by atoms with Gasteiger partial charge >= 0.3 is 0 Å². The molecule has 0 atom stereocenters. The van der Waals surface area contributed by atoms with Gasteiger partial charge in [0.2, 0.25) is 0 Å². The van der Waals surface area contributed by atoms with Crippen molar-refractivity contribution in [2.24, 2.45) is 0 Å². The number of rotatable bonds is 5. The minimum atomic E-state index is -0.535. The average Bonchev–Trinajstić information content (AvgIpc) is 3.24. The summed E-state index contributed by atoms with van der Waals surface area (Å²) in [5.41, 5.74) is 1.83. The maximum atomic E-state index is 14.0. The van der Waals surface area contributed by atoms with Gasteiger partial charge in [0.15, 0.2) is 5.69 Å². The van der Waals surface area contributed by atoms with Crippen molar-refractivity contribution in [1.29, 1.82) is 0 Å². The molecule has 0 radical (unpaired) electrons. The maximum Gasteiger partial charge on any atom is 0.277 e. The Morgan fingerprint density at radius 3 is 2.50 bits per heavy atom. The van der Waals surface area contributed by atoms with E-state index in [9.17, 15) is 13.6 Å². The van der Waals surface area contributed by atoms with Crippen LogP contribution in [0.25, 0.3) is 0 Å². The average molecular weight is 415 g/mol. The summed E-state index contributed by atoms with van der Waals surface area (Å²) in [7, 11) is 0. The molecule has 2 aromatic heterocycles. The number of nitrogens with zero attached hydrogens (tertiary/aromatic N) is 4. The van der Waals surface area contributed by atoms with Crippen LogP contribution >= 0.6 is 0 Å². The predicted molar refractivity (Wildman–Crippen MR) is 112 cm³/mol. The fourth-order valence-electron chi connectivity index (χ4n) is 3.21. The van der Waals surface area contributed by atoms with Crippen LogP contribution in [-0.4, -0.2) is 25.5 Å². The monoisotopic (exact) mass is 415 g/mol. The molecule has 6 nitrogen and oxygen atoms in total. The Labute approximate surface area is 174 Å². The lowest BCUT2D eigenvalue weighted by Crippen LogP contribution is -2.26. The zero-order chi connectivity index (χ0) is 22.2. The van der Waals surface area contributed by atoms with E-state index in [0.717, 1.165) is 23.9 Å². The van der Waals surface area contributed by atoms with E-state index in [4.69, 9.17) is 0 Å². The minimum absolute atomic E-state index is 0.0132. The van der Waals surface area contributed by atoms with Crippen LogP contribution in [0.2, 0.25) is 0 Å². The molecule has 1 aromatic carbocycles. The second kappa shape index (κ2) is 8.01. The number of anilines is 1. The van der Waals surface area contributed by atoms with E-state index in [1.54, 1.807) is 19.2 Å². The SMILES string of the molecule is Cc1cnn(Cc2cc(F)ccc2F)c1NC(=O)c1cc(C(C)C)n(C(C)(C)C)n1. The lowest BCUT2D eigenvalue weighted by atomic mass is 10.1. The molecule has 0 saturated heterocycles. The lowest BCUT2D eigenvalue weighted by molar-refractivity contribution is 0.101. The molecule has 0 unspecified atom stereocenters. The summed E-state index contributed by atoms with van der Waals surface area (Å²) in [6.45, 7) is 12.0. The molecular weight excluding hydrogens is 388 g/mol. The predicted octanol–water partition coefficient (Wildman–Crippen LogP) is 4.85. The first-order valence-corrected chi connectivity index (χ1v) is 9.85. The number of aromatic nitrogens is 4. The van der Waals surface area contributed by atoms with E-state index in [1.807, 2.05) is 39.3 Å². The second-order valence-electron chi connectivity index (χ2n) is 8.72. The number of carbonyl (C=O) groups excluding carboxylic acids is 1. The van der Waals surface area contributed by atoms with Crippen LogP contribution < -0.4 is 5.32 Å². The minimum Gasteiger partial charge on any atom is -0.305 e. The number of amides is 1. The van der Waals surface area contributed by atoms with Gasteiger partial charge in [-0.3, -0.25) is 9.48 Å². The first kappa shape index (κ1) is 21.7. The van der Waals surface area contributed by atoms with Crippen molar-refractivity contribution in [3.8, 4) is 0 Å². The molecule has 0 bridgehead atoms. The number of hydrogen-bond acceptors (Lipinski definition) is 3. The molecule has 0 spiro atoms. The summed E-state index contributed by atoms with van der Waals surface area (Å²) < 4.78 is 30.9.